The monoisotopic (exact) mass is 318 g/mol. The van der Waals surface area contributed by atoms with E-state index in [1.807, 2.05) is 0 Å². The number of amides is 1. The number of carbonyl (C=O) groups excluding carboxylic acids is 1. The van der Waals surface area contributed by atoms with Crippen LogP contribution in [0.2, 0.25) is 0 Å². The van der Waals surface area contributed by atoms with Crippen LogP contribution in [0, 0.1) is 6.92 Å². The number of methoxy groups -OCH3 is 1. The Morgan fingerprint density at radius 2 is 2.09 bits per heavy atom. The molecule has 1 aliphatic rings. The molecule has 1 aliphatic heterocycles. The zero-order valence-corrected chi connectivity index (χ0v) is 14.5. The summed E-state index contributed by atoms with van der Waals surface area (Å²) in [5, 5.41) is 3.18. The zero-order valence-electron chi connectivity index (χ0n) is 14.5. The fraction of sp³-hybridized carbons (Fsp3) is 0.632. The van der Waals surface area contributed by atoms with E-state index in [0.717, 1.165) is 51.9 Å². The molecule has 128 valence electrons. The van der Waals surface area contributed by atoms with Gasteiger partial charge in [0.25, 0.3) is 0 Å². The van der Waals surface area contributed by atoms with Crippen molar-refractivity contribution < 1.29 is 9.53 Å². The molecule has 4 heteroatoms. The summed E-state index contributed by atoms with van der Waals surface area (Å²) in [6.07, 6.45) is 4.59. The van der Waals surface area contributed by atoms with Crippen LogP contribution in [0.3, 0.4) is 0 Å². The molecule has 0 atom stereocenters. The lowest BCUT2D eigenvalue weighted by Crippen LogP contribution is -2.44. The summed E-state index contributed by atoms with van der Waals surface area (Å²) in [6.45, 7) is 6.01. The molecule has 0 radical (unpaired) electrons. The van der Waals surface area contributed by atoms with Gasteiger partial charge in [-0.05, 0) is 38.2 Å². The minimum atomic E-state index is 0.193. The molecule has 1 amide bonds. The zero-order chi connectivity index (χ0) is 16.5. The van der Waals surface area contributed by atoms with E-state index in [-0.39, 0.29) is 5.91 Å². The first-order valence-corrected chi connectivity index (χ1v) is 8.73. The fourth-order valence-corrected chi connectivity index (χ4v) is 3.14. The molecule has 1 aromatic rings. The van der Waals surface area contributed by atoms with E-state index in [1.165, 1.54) is 11.1 Å². The highest BCUT2D eigenvalue weighted by atomic mass is 16.5. The summed E-state index contributed by atoms with van der Waals surface area (Å²) in [4.78, 5) is 14.4. The lowest BCUT2D eigenvalue weighted by atomic mass is 10.0. The number of nitrogens with one attached hydrogen (secondary N) is 1. The number of ether oxygens (including phenoxy) is 1. The van der Waals surface area contributed by atoms with Crippen molar-refractivity contribution in [2.75, 3.05) is 26.8 Å². The second kappa shape index (κ2) is 9.68. The second-order valence-electron chi connectivity index (χ2n) is 6.56. The van der Waals surface area contributed by atoms with Gasteiger partial charge in [-0.15, -0.1) is 0 Å². The summed E-state index contributed by atoms with van der Waals surface area (Å²) < 4.78 is 5.00. The first kappa shape index (κ1) is 18.0. The van der Waals surface area contributed by atoms with Crippen LogP contribution in [0.1, 0.15) is 43.2 Å². The molecule has 1 saturated heterocycles. The number of piperidine rings is 1. The molecule has 0 spiro atoms. The standard InChI is InChI=1S/C19H30N2O2/c1-16-6-5-7-17(14-16)15-21-11-9-18(10-12-21)20-19(22)8-3-4-13-23-2/h5-7,14,18H,3-4,8-13,15H2,1-2H3,(H,20,22). The number of rotatable bonds is 8. The Labute approximate surface area is 140 Å². The highest BCUT2D eigenvalue weighted by Crippen LogP contribution is 2.15. The largest absolute Gasteiger partial charge is 0.385 e. The highest BCUT2D eigenvalue weighted by molar-refractivity contribution is 5.76. The molecule has 0 saturated carbocycles. The summed E-state index contributed by atoms with van der Waals surface area (Å²) in [5.41, 5.74) is 2.70. The van der Waals surface area contributed by atoms with Gasteiger partial charge in [-0.1, -0.05) is 29.8 Å². The van der Waals surface area contributed by atoms with Gasteiger partial charge in [-0.3, -0.25) is 9.69 Å². The van der Waals surface area contributed by atoms with E-state index in [0.29, 0.717) is 12.5 Å². The molecule has 0 aromatic heterocycles. The molecule has 1 fully saturated rings. The van der Waals surface area contributed by atoms with Crippen molar-refractivity contribution in [1.82, 2.24) is 10.2 Å². The molecular weight excluding hydrogens is 288 g/mol. The first-order valence-electron chi connectivity index (χ1n) is 8.73. The van der Waals surface area contributed by atoms with Gasteiger partial charge >= 0.3 is 0 Å². The van der Waals surface area contributed by atoms with Crippen LogP contribution < -0.4 is 5.32 Å². The maximum Gasteiger partial charge on any atom is 0.220 e. The Morgan fingerprint density at radius 3 is 2.78 bits per heavy atom. The van der Waals surface area contributed by atoms with Crippen molar-refractivity contribution in [3.05, 3.63) is 35.4 Å². The third kappa shape index (κ3) is 6.71. The van der Waals surface area contributed by atoms with E-state index >= 15 is 0 Å². The average Bonchev–Trinajstić information content (AvgIpc) is 2.54. The quantitative estimate of drug-likeness (QED) is 0.749. The van der Waals surface area contributed by atoms with Gasteiger partial charge in [0.1, 0.15) is 0 Å². The van der Waals surface area contributed by atoms with Gasteiger partial charge in [-0.25, -0.2) is 0 Å². The van der Waals surface area contributed by atoms with Crippen molar-refractivity contribution in [3.8, 4) is 0 Å². The molecule has 0 unspecified atom stereocenters. The molecule has 0 bridgehead atoms. The smallest absolute Gasteiger partial charge is 0.220 e. The lowest BCUT2D eigenvalue weighted by Gasteiger charge is -2.32. The summed E-state index contributed by atoms with van der Waals surface area (Å²) in [7, 11) is 1.70. The third-order valence-electron chi connectivity index (χ3n) is 4.44. The van der Waals surface area contributed by atoms with Crippen LogP contribution in [0.4, 0.5) is 0 Å². The molecular formula is C19H30N2O2. The summed E-state index contributed by atoms with van der Waals surface area (Å²) in [6, 6.07) is 9.06. The lowest BCUT2D eigenvalue weighted by molar-refractivity contribution is -0.122. The van der Waals surface area contributed by atoms with Gasteiger partial charge in [0.2, 0.25) is 5.91 Å². The third-order valence-corrected chi connectivity index (χ3v) is 4.44. The molecule has 4 nitrogen and oxygen atoms in total. The molecule has 1 N–H and O–H groups in total. The minimum absolute atomic E-state index is 0.193. The van der Waals surface area contributed by atoms with Crippen LogP contribution in [-0.4, -0.2) is 43.7 Å². The Balaban J connectivity index is 1.64. The van der Waals surface area contributed by atoms with E-state index in [1.54, 1.807) is 7.11 Å². The Morgan fingerprint density at radius 1 is 1.30 bits per heavy atom. The van der Waals surface area contributed by atoms with Gasteiger partial charge in [0, 0.05) is 45.8 Å². The number of hydrogen-bond acceptors (Lipinski definition) is 3. The number of aryl methyl sites for hydroxylation is 1. The van der Waals surface area contributed by atoms with Crippen LogP contribution in [0.15, 0.2) is 24.3 Å². The summed E-state index contributed by atoms with van der Waals surface area (Å²) >= 11 is 0. The van der Waals surface area contributed by atoms with Gasteiger partial charge < -0.3 is 10.1 Å². The van der Waals surface area contributed by atoms with E-state index < -0.39 is 0 Å². The van der Waals surface area contributed by atoms with Crippen LogP contribution in [0.25, 0.3) is 0 Å². The fourth-order valence-electron chi connectivity index (χ4n) is 3.14. The molecule has 1 heterocycles. The van der Waals surface area contributed by atoms with E-state index in [4.69, 9.17) is 4.74 Å². The topological polar surface area (TPSA) is 41.6 Å². The van der Waals surface area contributed by atoms with Crippen LogP contribution in [-0.2, 0) is 16.1 Å². The van der Waals surface area contributed by atoms with Crippen molar-refractivity contribution in [3.63, 3.8) is 0 Å². The highest BCUT2D eigenvalue weighted by Gasteiger charge is 2.20. The summed E-state index contributed by atoms with van der Waals surface area (Å²) in [5.74, 6) is 0.193. The Hall–Kier alpha value is -1.39. The number of benzene rings is 1. The second-order valence-corrected chi connectivity index (χ2v) is 6.56. The Kier molecular flexibility index (Phi) is 7.56. The normalized spacial score (nSPS) is 16.4. The molecule has 1 aromatic carbocycles. The number of likely N-dealkylation sites (tertiary alicyclic amines) is 1. The molecule has 2 rings (SSSR count). The Bertz CT molecular complexity index is 482. The first-order chi connectivity index (χ1) is 11.2. The molecule has 0 aliphatic carbocycles. The predicted octanol–water partition coefficient (Wildman–Crippen LogP) is 2.89. The minimum Gasteiger partial charge on any atom is -0.385 e. The van der Waals surface area contributed by atoms with Crippen molar-refractivity contribution in [2.45, 2.75) is 51.6 Å². The number of carbonyl (C=O) groups is 1. The van der Waals surface area contributed by atoms with Crippen molar-refractivity contribution in [1.29, 1.82) is 0 Å². The number of unbranched alkanes of at least 4 members (excludes halogenated alkanes) is 1. The molecule has 23 heavy (non-hydrogen) atoms. The van der Waals surface area contributed by atoms with Crippen molar-refractivity contribution >= 4 is 5.91 Å². The van der Waals surface area contributed by atoms with Crippen LogP contribution in [0.5, 0.6) is 0 Å². The van der Waals surface area contributed by atoms with Gasteiger partial charge in [-0.2, -0.15) is 0 Å². The SMILES string of the molecule is COCCCCC(=O)NC1CCN(Cc2cccc(C)c2)CC1. The maximum atomic E-state index is 11.9. The van der Waals surface area contributed by atoms with E-state index in [9.17, 15) is 4.79 Å². The number of nitrogens with zero attached hydrogens (tertiary/aromatic N) is 1. The van der Waals surface area contributed by atoms with E-state index in [2.05, 4.69) is 41.4 Å². The van der Waals surface area contributed by atoms with Gasteiger partial charge in [0.05, 0.1) is 0 Å². The van der Waals surface area contributed by atoms with Crippen molar-refractivity contribution in [2.24, 2.45) is 0 Å². The predicted molar refractivity (Wildman–Crippen MR) is 93.3 cm³/mol. The number of hydrogen-bond donors (Lipinski definition) is 1. The van der Waals surface area contributed by atoms with Crippen LogP contribution >= 0.6 is 0 Å². The van der Waals surface area contributed by atoms with Gasteiger partial charge in [0.15, 0.2) is 0 Å². The average molecular weight is 318 g/mol. The maximum absolute atomic E-state index is 11.9.